The van der Waals surface area contributed by atoms with Crippen LogP contribution in [-0.4, -0.2) is 15.6 Å². The van der Waals surface area contributed by atoms with Crippen LogP contribution in [0.1, 0.15) is 12.2 Å². The second-order valence-corrected chi connectivity index (χ2v) is 6.07. The van der Waals surface area contributed by atoms with Crippen LogP contribution in [0.3, 0.4) is 0 Å². The number of halogens is 2. The minimum Gasteiger partial charge on any atom is -0.328 e. The number of carbonyl (C=O) groups excluding carboxylic acids is 1. The van der Waals surface area contributed by atoms with Gasteiger partial charge in [-0.05, 0) is 36.2 Å². The number of hydrogen-bond acceptors (Lipinski definition) is 2. The maximum absolute atomic E-state index is 13.6. The normalized spacial score (nSPS) is 12.7. The fourth-order valence-electron chi connectivity index (χ4n) is 3.11. The van der Waals surface area contributed by atoms with Crippen molar-refractivity contribution in [3.8, 4) is 11.3 Å². The molecule has 0 unspecified atom stereocenters. The zero-order valence-electron chi connectivity index (χ0n) is 13.8. The zero-order valence-corrected chi connectivity index (χ0v) is 13.8. The highest BCUT2D eigenvalue weighted by Gasteiger charge is 2.16. The summed E-state index contributed by atoms with van der Waals surface area (Å²) in [6.07, 6.45) is 3.94. The first-order valence-electron chi connectivity index (χ1n) is 8.28. The number of benzene rings is 2. The van der Waals surface area contributed by atoms with E-state index in [0.717, 1.165) is 48.6 Å². The third kappa shape index (κ3) is 3.03. The number of para-hydroxylation sites is 1. The lowest BCUT2D eigenvalue weighted by Crippen LogP contribution is -2.20. The molecule has 2 amide bonds. The topological polar surface area (TPSA) is 59.0 Å². The van der Waals surface area contributed by atoms with Gasteiger partial charge in [0.25, 0.3) is 0 Å². The SMILES string of the molecule is O=C(Nc1ccc(-c2cnc3n2CCC3)cc1)Nc1c(F)cccc1F. The molecule has 5 nitrogen and oxygen atoms in total. The van der Waals surface area contributed by atoms with Gasteiger partial charge in [-0.3, -0.25) is 0 Å². The van der Waals surface area contributed by atoms with Crippen LogP contribution in [0.5, 0.6) is 0 Å². The first-order chi connectivity index (χ1) is 12.6. The van der Waals surface area contributed by atoms with Crippen LogP contribution in [0, 0.1) is 11.6 Å². The van der Waals surface area contributed by atoms with E-state index in [2.05, 4.69) is 20.2 Å². The number of rotatable bonds is 3. The molecule has 0 spiro atoms. The Bertz CT molecular complexity index is 946. The van der Waals surface area contributed by atoms with E-state index in [-0.39, 0.29) is 0 Å². The number of nitrogens with one attached hydrogen (secondary N) is 2. The quantitative estimate of drug-likeness (QED) is 0.731. The molecule has 1 aliphatic rings. The Kier molecular flexibility index (Phi) is 4.12. The molecule has 0 radical (unpaired) electrons. The van der Waals surface area contributed by atoms with Crippen molar-refractivity contribution in [2.45, 2.75) is 19.4 Å². The number of anilines is 2. The third-order valence-corrected chi connectivity index (χ3v) is 4.36. The average Bonchev–Trinajstić information content (AvgIpc) is 3.23. The van der Waals surface area contributed by atoms with Crippen LogP contribution in [0.2, 0.25) is 0 Å². The Morgan fingerprint density at radius 1 is 1.04 bits per heavy atom. The molecule has 7 heteroatoms. The van der Waals surface area contributed by atoms with Crippen LogP contribution in [-0.2, 0) is 13.0 Å². The molecular formula is C19H16F2N4O. The van der Waals surface area contributed by atoms with Crippen LogP contribution in [0.15, 0.2) is 48.7 Å². The molecular weight excluding hydrogens is 338 g/mol. The molecule has 2 N–H and O–H groups in total. The summed E-state index contributed by atoms with van der Waals surface area (Å²) in [5, 5.41) is 4.75. The molecule has 0 bridgehead atoms. The molecule has 1 aromatic heterocycles. The van der Waals surface area contributed by atoms with Gasteiger partial charge in [-0.25, -0.2) is 18.6 Å². The summed E-state index contributed by atoms with van der Waals surface area (Å²) in [7, 11) is 0. The summed E-state index contributed by atoms with van der Waals surface area (Å²) < 4.78 is 29.3. The highest BCUT2D eigenvalue weighted by molar-refractivity contribution is 6.00. The van der Waals surface area contributed by atoms with Gasteiger partial charge in [0.1, 0.15) is 23.1 Å². The Morgan fingerprint density at radius 2 is 1.77 bits per heavy atom. The molecule has 0 atom stereocenters. The van der Waals surface area contributed by atoms with E-state index >= 15 is 0 Å². The van der Waals surface area contributed by atoms with Crippen molar-refractivity contribution < 1.29 is 13.6 Å². The van der Waals surface area contributed by atoms with Gasteiger partial charge in [-0.2, -0.15) is 0 Å². The van der Waals surface area contributed by atoms with Crippen molar-refractivity contribution in [3.63, 3.8) is 0 Å². The lowest BCUT2D eigenvalue weighted by molar-refractivity contribution is 0.262. The third-order valence-electron chi connectivity index (χ3n) is 4.36. The van der Waals surface area contributed by atoms with Crippen LogP contribution >= 0.6 is 0 Å². The number of nitrogens with zero attached hydrogens (tertiary/aromatic N) is 2. The first kappa shape index (κ1) is 16.3. The average molecular weight is 354 g/mol. The van der Waals surface area contributed by atoms with E-state index in [1.165, 1.54) is 6.07 Å². The number of hydrogen-bond donors (Lipinski definition) is 2. The largest absolute Gasteiger partial charge is 0.328 e. The van der Waals surface area contributed by atoms with Crippen molar-refractivity contribution in [2.75, 3.05) is 10.6 Å². The van der Waals surface area contributed by atoms with E-state index in [4.69, 9.17) is 0 Å². The molecule has 2 heterocycles. The van der Waals surface area contributed by atoms with E-state index in [1.807, 2.05) is 18.3 Å². The summed E-state index contributed by atoms with van der Waals surface area (Å²) >= 11 is 0. The van der Waals surface area contributed by atoms with Gasteiger partial charge in [0, 0.05) is 18.7 Å². The van der Waals surface area contributed by atoms with Crippen LogP contribution < -0.4 is 10.6 Å². The highest BCUT2D eigenvalue weighted by Crippen LogP contribution is 2.26. The van der Waals surface area contributed by atoms with Gasteiger partial charge in [0.2, 0.25) is 0 Å². The van der Waals surface area contributed by atoms with Gasteiger partial charge in [0.05, 0.1) is 11.9 Å². The number of carbonyl (C=O) groups is 1. The zero-order chi connectivity index (χ0) is 18.1. The van der Waals surface area contributed by atoms with E-state index < -0.39 is 23.4 Å². The number of aromatic nitrogens is 2. The van der Waals surface area contributed by atoms with E-state index in [9.17, 15) is 13.6 Å². The van der Waals surface area contributed by atoms with Gasteiger partial charge >= 0.3 is 6.03 Å². The molecule has 3 aromatic rings. The van der Waals surface area contributed by atoms with Crippen molar-refractivity contribution in [3.05, 3.63) is 66.1 Å². The van der Waals surface area contributed by atoms with E-state index in [1.54, 1.807) is 12.1 Å². The molecule has 2 aromatic carbocycles. The second-order valence-electron chi connectivity index (χ2n) is 6.07. The predicted octanol–water partition coefficient (Wildman–Crippen LogP) is 4.42. The maximum Gasteiger partial charge on any atom is 0.323 e. The number of fused-ring (bicyclic) bond motifs is 1. The lowest BCUT2D eigenvalue weighted by atomic mass is 10.1. The fourth-order valence-corrected chi connectivity index (χ4v) is 3.11. The Labute approximate surface area is 148 Å². The minimum absolute atomic E-state index is 0.476. The van der Waals surface area contributed by atoms with Crippen molar-refractivity contribution in [2.24, 2.45) is 0 Å². The Morgan fingerprint density at radius 3 is 2.50 bits per heavy atom. The van der Waals surface area contributed by atoms with Crippen molar-refractivity contribution in [1.29, 1.82) is 0 Å². The monoisotopic (exact) mass is 354 g/mol. The maximum atomic E-state index is 13.6. The second kappa shape index (κ2) is 6.59. The number of aryl methyl sites for hydroxylation is 1. The molecule has 132 valence electrons. The predicted molar refractivity (Wildman–Crippen MR) is 95.0 cm³/mol. The molecule has 0 fully saturated rings. The van der Waals surface area contributed by atoms with E-state index in [0.29, 0.717) is 5.69 Å². The molecule has 0 saturated carbocycles. The summed E-state index contributed by atoms with van der Waals surface area (Å²) in [5.74, 6) is -0.566. The number of imidazole rings is 1. The van der Waals surface area contributed by atoms with Gasteiger partial charge in [0.15, 0.2) is 0 Å². The van der Waals surface area contributed by atoms with Gasteiger partial charge in [-0.1, -0.05) is 18.2 Å². The number of amides is 2. The Balaban J connectivity index is 1.46. The molecule has 1 aliphatic heterocycles. The van der Waals surface area contributed by atoms with Crippen molar-refractivity contribution >= 4 is 17.4 Å². The standard InChI is InChI=1S/C19H16F2N4O/c20-14-3-1-4-15(21)18(14)24-19(26)23-13-8-6-12(7-9-13)16-11-22-17-5-2-10-25(16)17/h1,3-4,6-9,11H,2,5,10H2,(H2,23,24,26). The van der Waals surface area contributed by atoms with Gasteiger partial charge in [-0.15, -0.1) is 0 Å². The molecule has 26 heavy (non-hydrogen) atoms. The molecule has 0 aliphatic carbocycles. The summed E-state index contributed by atoms with van der Waals surface area (Å²) in [6, 6.07) is 9.91. The Hall–Kier alpha value is -3.22. The minimum atomic E-state index is -0.829. The lowest BCUT2D eigenvalue weighted by Gasteiger charge is -2.10. The molecule has 0 saturated heterocycles. The van der Waals surface area contributed by atoms with Crippen molar-refractivity contribution in [1.82, 2.24) is 9.55 Å². The fraction of sp³-hybridized carbons (Fsp3) is 0.158. The van der Waals surface area contributed by atoms with Crippen LogP contribution in [0.4, 0.5) is 25.0 Å². The number of urea groups is 1. The smallest absolute Gasteiger partial charge is 0.323 e. The summed E-state index contributed by atoms with van der Waals surface area (Å²) in [4.78, 5) is 16.4. The van der Waals surface area contributed by atoms with Crippen LogP contribution in [0.25, 0.3) is 11.3 Å². The highest BCUT2D eigenvalue weighted by atomic mass is 19.1. The molecule has 4 rings (SSSR count). The first-order valence-corrected chi connectivity index (χ1v) is 8.28. The van der Waals surface area contributed by atoms with Gasteiger partial charge < -0.3 is 15.2 Å². The summed E-state index contributed by atoms with van der Waals surface area (Å²) in [5.41, 5.74) is 2.08. The summed E-state index contributed by atoms with van der Waals surface area (Å²) in [6.45, 7) is 0.960.